The Bertz CT molecular complexity index is 651. The number of halogens is 1. The number of sulfonamides is 1. The van der Waals surface area contributed by atoms with Gasteiger partial charge in [-0.05, 0) is 25.2 Å². The second-order valence-electron chi connectivity index (χ2n) is 4.64. The van der Waals surface area contributed by atoms with Crippen LogP contribution in [0.2, 0.25) is 0 Å². The molecular weight excluding hydrogens is 344 g/mol. The van der Waals surface area contributed by atoms with Crippen LogP contribution in [0.5, 0.6) is 0 Å². The zero-order valence-corrected chi connectivity index (χ0v) is 14.5. The zero-order chi connectivity index (χ0) is 16.8. The Kier molecular flexibility index (Phi) is 8.77. The van der Waals surface area contributed by atoms with Crippen molar-refractivity contribution in [2.75, 3.05) is 25.5 Å². The van der Waals surface area contributed by atoms with E-state index in [2.05, 4.69) is 15.4 Å². The maximum atomic E-state index is 11.7. The maximum absolute atomic E-state index is 11.7. The van der Waals surface area contributed by atoms with E-state index in [-0.39, 0.29) is 42.2 Å². The Morgan fingerprint density at radius 1 is 1.30 bits per heavy atom. The van der Waals surface area contributed by atoms with E-state index in [0.717, 1.165) is 0 Å². The zero-order valence-electron chi connectivity index (χ0n) is 12.8. The molecule has 1 unspecified atom stereocenters. The Balaban J connectivity index is 0.00000484. The van der Waals surface area contributed by atoms with Crippen molar-refractivity contribution in [2.24, 2.45) is 11.7 Å². The van der Waals surface area contributed by atoms with E-state index < -0.39 is 15.9 Å². The molecule has 0 aromatic heterocycles. The predicted octanol–water partition coefficient (Wildman–Crippen LogP) is -0.334. The van der Waals surface area contributed by atoms with Gasteiger partial charge in [0.2, 0.25) is 21.8 Å². The van der Waals surface area contributed by atoms with Crippen molar-refractivity contribution < 1.29 is 18.0 Å². The van der Waals surface area contributed by atoms with Gasteiger partial charge in [0.15, 0.2) is 0 Å². The largest absolute Gasteiger partial charge is 0.347 e. The van der Waals surface area contributed by atoms with Crippen molar-refractivity contribution in [1.82, 2.24) is 10.0 Å². The highest BCUT2D eigenvalue weighted by Gasteiger charge is 2.14. The van der Waals surface area contributed by atoms with E-state index in [9.17, 15) is 18.0 Å². The number of hydrogen-bond acceptors (Lipinski definition) is 5. The fourth-order valence-corrected chi connectivity index (χ4v) is 2.29. The number of benzene rings is 1. The standard InChI is InChI=1S/C13H20N4O4S.ClH/c1-9(7-14)13(19)16-8-12(18)17-10-4-3-5-11(6-10)22(20,21)15-2;/h3-6,9,15H,7-8,14H2,1-2H3,(H,16,19)(H,17,18);1H. The van der Waals surface area contributed by atoms with Gasteiger partial charge in [0.25, 0.3) is 0 Å². The van der Waals surface area contributed by atoms with E-state index >= 15 is 0 Å². The predicted molar refractivity (Wildman–Crippen MR) is 89.8 cm³/mol. The van der Waals surface area contributed by atoms with Gasteiger partial charge in [-0.1, -0.05) is 13.0 Å². The van der Waals surface area contributed by atoms with Crippen molar-refractivity contribution >= 4 is 39.9 Å². The molecular formula is C13H21ClN4O4S. The molecule has 130 valence electrons. The molecule has 8 nitrogen and oxygen atoms in total. The van der Waals surface area contributed by atoms with Gasteiger partial charge in [0.05, 0.1) is 11.4 Å². The molecule has 0 saturated heterocycles. The lowest BCUT2D eigenvalue weighted by atomic mass is 10.2. The molecule has 1 rings (SSSR count). The number of hydrogen-bond donors (Lipinski definition) is 4. The van der Waals surface area contributed by atoms with Crippen LogP contribution < -0.4 is 21.1 Å². The molecule has 0 spiro atoms. The highest BCUT2D eigenvalue weighted by Crippen LogP contribution is 2.14. The average molecular weight is 365 g/mol. The fourth-order valence-electron chi connectivity index (χ4n) is 1.51. The van der Waals surface area contributed by atoms with Crippen LogP contribution in [0.15, 0.2) is 29.2 Å². The van der Waals surface area contributed by atoms with E-state index in [1.165, 1.54) is 25.2 Å². The summed E-state index contributed by atoms with van der Waals surface area (Å²) < 4.78 is 25.5. The summed E-state index contributed by atoms with van der Waals surface area (Å²) >= 11 is 0. The first-order valence-corrected chi connectivity index (χ1v) is 8.09. The number of amides is 2. The highest BCUT2D eigenvalue weighted by atomic mass is 35.5. The van der Waals surface area contributed by atoms with Crippen LogP contribution in [0.1, 0.15) is 6.92 Å². The van der Waals surface area contributed by atoms with Crippen LogP contribution in [-0.2, 0) is 19.6 Å². The molecule has 0 heterocycles. The number of nitrogens with two attached hydrogens (primary N) is 1. The van der Waals surface area contributed by atoms with Gasteiger partial charge in [0, 0.05) is 18.2 Å². The summed E-state index contributed by atoms with van der Waals surface area (Å²) in [5.74, 6) is -1.15. The number of carbonyl (C=O) groups excluding carboxylic acids is 2. The minimum atomic E-state index is -3.58. The Hall–Kier alpha value is -1.68. The number of rotatable bonds is 7. The van der Waals surface area contributed by atoms with Crippen LogP contribution in [0.3, 0.4) is 0 Å². The molecule has 0 saturated carbocycles. The summed E-state index contributed by atoms with van der Waals surface area (Å²) in [4.78, 5) is 23.3. The van der Waals surface area contributed by atoms with Gasteiger partial charge in [-0.25, -0.2) is 13.1 Å². The van der Waals surface area contributed by atoms with Crippen molar-refractivity contribution in [3.8, 4) is 0 Å². The molecule has 2 amide bonds. The van der Waals surface area contributed by atoms with Gasteiger partial charge >= 0.3 is 0 Å². The third kappa shape index (κ3) is 6.53. The van der Waals surface area contributed by atoms with Crippen LogP contribution in [-0.4, -0.2) is 40.4 Å². The first kappa shape index (κ1) is 21.3. The van der Waals surface area contributed by atoms with E-state index in [4.69, 9.17) is 5.73 Å². The van der Waals surface area contributed by atoms with Gasteiger partial charge in [0.1, 0.15) is 0 Å². The fraction of sp³-hybridized carbons (Fsp3) is 0.385. The van der Waals surface area contributed by atoms with Gasteiger partial charge < -0.3 is 16.4 Å². The van der Waals surface area contributed by atoms with Crippen LogP contribution >= 0.6 is 12.4 Å². The lowest BCUT2D eigenvalue weighted by Crippen LogP contribution is -2.38. The number of anilines is 1. The SMILES string of the molecule is CNS(=O)(=O)c1cccc(NC(=O)CNC(=O)C(C)CN)c1.Cl. The molecule has 23 heavy (non-hydrogen) atoms. The average Bonchev–Trinajstić information content (AvgIpc) is 2.52. The van der Waals surface area contributed by atoms with Gasteiger partial charge in [-0.3, -0.25) is 9.59 Å². The van der Waals surface area contributed by atoms with E-state index in [1.54, 1.807) is 13.0 Å². The Labute approximate surface area is 141 Å². The first-order chi connectivity index (χ1) is 10.3. The quantitative estimate of drug-likeness (QED) is 0.526. The molecule has 0 bridgehead atoms. The lowest BCUT2D eigenvalue weighted by Gasteiger charge is -2.11. The van der Waals surface area contributed by atoms with Crippen molar-refractivity contribution in [3.05, 3.63) is 24.3 Å². The summed E-state index contributed by atoms with van der Waals surface area (Å²) in [6.07, 6.45) is 0. The van der Waals surface area contributed by atoms with Crippen molar-refractivity contribution in [1.29, 1.82) is 0 Å². The first-order valence-electron chi connectivity index (χ1n) is 6.61. The van der Waals surface area contributed by atoms with Crippen LogP contribution in [0.4, 0.5) is 5.69 Å². The third-order valence-corrected chi connectivity index (χ3v) is 4.33. The van der Waals surface area contributed by atoms with Crippen LogP contribution in [0, 0.1) is 5.92 Å². The minimum Gasteiger partial charge on any atom is -0.347 e. The molecule has 0 fully saturated rings. The molecule has 0 radical (unpaired) electrons. The molecule has 0 aliphatic carbocycles. The van der Waals surface area contributed by atoms with Crippen LogP contribution in [0.25, 0.3) is 0 Å². The van der Waals surface area contributed by atoms with Gasteiger partial charge in [-0.2, -0.15) is 0 Å². The molecule has 1 aromatic carbocycles. The summed E-state index contributed by atoms with van der Waals surface area (Å²) in [5.41, 5.74) is 5.67. The molecule has 0 aliphatic rings. The summed E-state index contributed by atoms with van der Waals surface area (Å²) in [5, 5.41) is 4.96. The monoisotopic (exact) mass is 364 g/mol. The maximum Gasteiger partial charge on any atom is 0.243 e. The second kappa shape index (κ2) is 9.46. The summed E-state index contributed by atoms with van der Waals surface area (Å²) in [7, 11) is -2.28. The van der Waals surface area contributed by atoms with Crippen molar-refractivity contribution in [2.45, 2.75) is 11.8 Å². The molecule has 1 aromatic rings. The minimum absolute atomic E-state index is 0. The molecule has 5 N–H and O–H groups in total. The number of nitrogens with one attached hydrogen (secondary N) is 3. The second-order valence-corrected chi connectivity index (χ2v) is 6.52. The Morgan fingerprint density at radius 3 is 2.52 bits per heavy atom. The Morgan fingerprint density at radius 2 is 1.96 bits per heavy atom. The smallest absolute Gasteiger partial charge is 0.243 e. The van der Waals surface area contributed by atoms with Crippen molar-refractivity contribution in [3.63, 3.8) is 0 Å². The molecule has 0 aliphatic heterocycles. The van der Waals surface area contributed by atoms with E-state index in [0.29, 0.717) is 5.69 Å². The van der Waals surface area contributed by atoms with E-state index in [1.807, 2.05) is 0 Å². The van der Waals surface area contributed by atoms with Gasteiger partial charge in [-0.15, -0.1) is 12.4 Å². The number of carbonyl (C=O) groups is 2. The lowest BCUT2D eigenvalue weighted by molar-refractivity contribution is -0.126. The highest BCUT2D eigenvalue weighted by molar-refractivity contribution is 7.89. The molecule has 10 heteroatoms. The topological polar surface area (TPSA) is 130 Å². The summed E-state index contributed by atoms with van der Waals surface area (Å²) in [6, 6.07) is 5.80. The third-order valence-electron chi connectivity index (χ3n) is 2.92. The summed E-state index contributed by atoms with van der Waals surface area (Å²) in [6.45, 7) is 1.63. The normalized spacial score (nSPS) is 12.0. The molecule has 1 atom stereocenters.